The number of halogens is 1. The molecule has 1 aromatic heterocycles. The molecule has 1 unspecified atom stereocenters. The van der Waals surface area contributed by atoms with Gasteiger partial charge in [-0.1, -0.05) is 0 Å². The molecule has 0 aliphatic carbocycles. The average molecular weight is 427 g/mol. The molecule has 1 aliphatic rings. The first-order chi connectivity index (χ1) is 14.3. The molecule has 3 aromatic rings. The Bertz CT molecular complexity index is 1150. The minimum atomic E-state index is -1.26. The molecule has 30 heavy (non-hydrogen) atoms. The quantitative estimate of drug-likeness (QED) is 0.592. The molecule has 2 aromatic carbocycles. The Balaban J connectivity index is 1.53. The zero-order valence-electron chi connectivity index (χ0n) is 17.1. The summed E-state index contributed by atoms with van der Waals surface area (Å²) in [5.41, 5.74) is 3.64. The summed E-state index contributed by atoms with van der Waals surface area (Å²) < 4.78 is 19.3. The summed E-state index contributed by atoms with van der Waals surface area (Å²) in [5.74, 6) is -0.225. The first-order valence-electron chi connectivity index (χ1n) is 9.68. The monoisotopic (exact) mass is 426 g/mol. The number of carboxylic acid groups (broad SMARTS) is 1. The van der Waals surface area contributed by atoms with Gasteiger partial charge in [0.1, 0.15) is 23.2 Å². The summed E-state index contributed by atoms with van der Waals surface area (Å²) in [5, 5.41) is 11.4. The molecule has 0 saturated heterocycles. The molecule has 2 N–H and O–H groups in total. The largest absolute Gasteiger partial charge is 0.487 e. The summed E-state index contributed by atoms with van der Waals surface area (Å²) in [6, 6.07) is 10.3. The number of aliphatic carboxylic acids is 1. The van der Waals surface area contributed by atoms with Gasteiger partial charge in [0, 0.05) is 23.4 Å². The molecule has 156 valence electrons. The van der Waals surface area contributed by atoms with Crippen LogP contribution < -0.4 is 4.74 Å². The van der Waals surface area contributed by atoms with Crippen LogP contribution >= 0.6 is 11.8 Å². The fraction of sp³-hybridized carbons (Fsp3) is 0.304. The third-order valence-electron chi connectivity index (χ3n) is 5.60. The number of hydrogen-bond donors (Lipinski definition) is 2. The van der Waals surface area contributed by atoms with Crippen LogP contribution in [-0.2, 0) is 11.2 Å². The smallest absolute Gasteiger partial charge is 0.332 e. The summed E-state index contributed by atoms with van der Waals surface area (Å²) in [7, 11) is 0. The second-order valence-electron chi connectivity index (χ2n) is 7.80. The van der Waals surface area contributed by atoms with Gasteiger partial charge in [0.25, 0.3) is 0 Å². The number of benzene rings is 2. The van der Waals surface area contributed by atoms with E-state index < -0.39 is 11.5 Å². The summed E-state index contributed by atoms with van der Waals surface area (Å²) in [4.78, 5) is 19.8. The molecule has 4 rings (SSSR count). The van der Waals surface area contributed by atoms with Crippen molar-refractivity contribution in [2.75, 3.05) is 12.4 Å². The van der Waals surface area contributed by atoms with Gasteiger partial charge in [-0.3, -0.25) is 4.99 Å². The van der Waals surface area contributed by atoms with Gasteiger partial charge < -0.3 is 14.8 Å². The fourth-order valence-corrected chi connectivity index (χ4v) is 4.73. The van der Waals surface area contributed by atoms with Crippen LogP contribution in [0.25, 0.3) is 10.9 Å². The van der Waals surface area contributed by atoms with E-state index in [9.17, 15) is 14.3 Å². The molecule has 0 saturated carbocycles. The number of aromatic amines is 1. The maximum atomic E-state index is 13.4. The van der Waals surface area contributed by atoms with Gasteiger partial charge in [-0.25, -0.2) is 9.18 Å². The van der Waals surface area contributed by atoms with Crippen molar-refractivity contribution in [1.82, 2.24) is 4.98 Å². The number of aliphatic imine (C=N–C) groups is 1. The lowest BCUT2D eigenvalue weighted by atomic mass is 9.96. The molecule has 0 amide bonds. The van der Waals surface area contributed by atoms with E-state index in [1.165, 1.54) is 29.5 Å². The topological polar surface area (TPSA) is 74.7 Å². The number of carbonyl (C=O) groups is 1. The van der Waals surface area contributed by atoms with Crippen molar-refractivity contribution in [3.63, 3.8) is 0 Å². The first-order valence-corrected chi connectivity index (χ1v) is 10.7. The highest BCUT2D eigenvalue weighted by molar-refractivity contribution is 8.14. The number of hydrogen-bond acceptors (Lipinski definition) is 4. The predicted molar refractivity (Wildman–Crippen MR) is 118 cm³/mol. The Morgan fingerprint density at radius 1 is 1.23 bits per heavy atom. The standard InChI is InChI=1S/C23H23FN2O3S/c1-13-6-19(7-14(2)15(13)3)29-11-21-26-23(12-30-21,22(27)28)10-18-8-16-4-5-17(24)9-20(16)25-18/h4-9,25H,10-12H2,1-3H3,(H,27,28). The molecule has 5 nitrogen and oxygen atoms in total. The van der Waals surface area contributed by atoms with Crippen molar-refractivity contribution in [2.45, 2.75) is 32.7 Å². The maximum absolute atomic E-state index is 13.4. The number of rotatable bonds is 6. The number of aryl methyl sites for hydroxylation is 2. The van der Waals surface area contributed by atoms with Gasteiger partial charge in [0.05, 0.1) is 0 Å². The minimum absolute atomic E-state index is 0.206. The van der Waals surface area contributed by atoms with Crippen molar-refractivity contribution in [2.24, 2.45) is 4.99 Å². The third-order valence-corrected chi connectivity index (χ3v) is 6.76. The van der Waals surface area contributed by atoms with Crippen LogP contribution in [0.1, 0.15) is 22.4 Å². The molecule has 1 aliphatic heterocycles. The third kappa shape index (κ3) is 3.94. The number of thioether (sulfide) groups is 1. The number of fused-ring (bicyclic) bond motifs is 1. The maximum Gasteiger partial charge on any atom is 0.332 e. The lowest BCUT2D eigenvalue weighted by molar-refractivity contribution is -0.142. The van der Waals surface area contributed by atoms with Gasteiger partial charge in [-0.05, 0) is 79.2 Å². The molecule has 7 heteroatoms. The predicted octanol–water partition coefficient (Wildman–Crippen LogP) is 4.82. The molecule has 1 atom stereocenters. The normalized spacial score (nSPS) is 18.6. The van der Waals surface area contributed by atoms with Crippen LogP contribution in [0.15, 0.2) is 41.4 Å². The van der Waals surface area contributed by atoms with E-state index in [0.29, 0.717) is 22.0 Å². The van der Waals surface area contributed by atoms with E-state index in [1.54, 1.807) is 6.07 Å². The molecule has 2 heterocycles. The summed E-state index contributed by atoms with van der Waals surface area (Å²) in [6.45, 7) is 6.39. The lowest BCUT2D eigenvalue weighted by Crippen LogP contribution is -2.39. The Morgan fingerprint density at radius 2 is 1.97 bits per heavy atom. The zero-order chi connectivity index (χ0) is 21.5. The number of ether oxygens (including phenoxy) is 1. The highest BCUT2D eigenvalue weighted by Gasteiger charge is 2.43. The molecule has 0 radical (unpaired) electrons. The van der Waals surface area contributed by atoms with Gasteiger partial charge in [-0.2, -0.15) is 0 Å². The van der Waals surface area contributed by atoms with Crippen LogP contribution in [0.4, 0.5) is 4.39 Å². The zero-order valence-corrected chi connectivity index (χ0v) is 17.9. The van der Waals surface area contributed by atoms with Gasteiger partial charge in [-0.15, -0.1) is 11.8 Å². The summed E-state index contributed by atoms with van der Waals surface area (Å²) in [6.07, 6.45) is 0.206. The van der Waals surface area contributed by atoms with E-state index in [-0.39, 0.29) is 18.8 Å². The van der Waals surface area contributed by atoms with Crippen LogP contribution in [0, 0.1) is 26.6 Å². The van der Waals surface area contributed by atoms with Crippen molar-refractivity contribution in [3.8, 4) is 5.75 Å². The Labute approximate surface area is 178 Å². The van der Waals surface area contributed by atoms with Gasteiger partial charge in [0.2, 0.25) is 0 Å². The fourth-order valence-electron chi connectivity index (χ4n) is 3.65. The van der Waals surface area contributed by atoms with Crippen LogP contribution in [0.5, 0.6) is 5.75 Å². The van der Waals surface area contributed by atoms with Crippen molar-refractivity contribution < 1.29 is 19.0 Å². The number of aromatic nitrogens is 1. The lowest BCUT2D eigenvalue weighted by Gasteiger charge is -2.19. The SMILES string of the molecule is Cc1cc(OCC2=NC(Cc3cc4ccc(F)cc4[nH]3)(C(=O)O)CS2)cc(C)c1C. The highest BCUT2D eigenvalue weighted by atomic mass is 32.2. The van der Waals surface area contributed by atoms with E-state index in [1.807, 2.05) is 32.0 Å². The van der Waals surface area contributed by atoms with Crippen LogP contribution in [0.2, 0.25) is 0 Å². The first kappa shape index (κ1) is 20.5. The number of H-pyrrole nitrogens is 1. The molecule has 0 bridgehead atoms. The van der Waals surface area contributed by atoms with Crippen molar-refractivity contribution >= 4 is 33.7 Å². The van der Waals surface area contributed by atoms with Crippen LogP contribution in [0.3, 0.4) is 0 Å². The Morgan fingerprint density at radius 3 is 2.67 bits per heavy atom. The number of nitrogens with zero attached hydrogens (tertiary/aromatic N) is 1. The second kappa shape index (κ2) is 7.80. The van der Waals surface area contributed by atoms with Crippen molar-refractivity contribution in [1.29, 1.82) is 0 Å². The number of carboxylic acids is 1. The van der Waals surface area contributed by atoms with E-state index in [4.69, 9.17) is 4.74 Å². The van der Waals surface area contributed by atoms with Crippen LogP contribution in [-0.4, -0.2) is 39.0 Å². The van der Waals surface area contributed by atoms with Gasteiger partial charge in [0.15, 0.2) is 5.54 Å². The molecule has 0 spiro atoms. The summed E-state index contributed by atoms with van der Waals surface area (Å²) >= 11 is 1.41. The van der Waals surface area contributed by atoms with E-state index >= 15 is 0 Å². The van der Waals surface area contributed by atoms with E-state index in [0.717, 1.165) is 22.3 Å². The molecular weight excluding hydrogens is 403 g/mol. The molecule has 0 fully saturated rings. The van der Waals surface area contributed by atoms with E-state index in [2.05, 4.69) is 16.9 Å². The number of nitrogens with one attached hydrogen (secondary N) is 1. The second-order valence-corrected chi connectivity index (χ2v) is 8.85. The highest BCUT2D eigenvalue weighted by Crippen LogP contribution is 2.33. The van der Waals surface area contributed by atoms with Gasteiger partial charge >= 0.3 is 5.97 Å². The van der Waals surface area contributed by atoms with Crippen molar-refractivity contribution in [3.05, 3.63) is 64.6 Å². The molecular formula is C23H23FN2O3S. The Hall–Kier alpha value is -2.80. The minimum Gasteiger partial charge on any atom is -0.487 e. The Kier molecular flexibility index (Phi) is 5.32. The average Bonchev–Trinajstić information content (AvgIpc) is 3.28.